The highest BCUT2D eigenvalue weighted by Gasteiger charge is 2.45. The first kappa shape index (κ1) is 37.5. The fourth-order valence-corrected chi connectivity index (χ4v) is 12.2. The highest BCUT2D eigenvalue weighted by Crippen LogP contribution is 2.50. The Morgan fingerprint density at radius 2 is 1.03 bits per heavy atom. The molecule has 0 bridgehead atoms. The lowest BCUT2D eigenvalue weighted by Gasteiger charge is -2.43. The molecule has 0 atom stereocenters. The van der Waals surface area contributed by atoms with Gasteiger partial charge in [-0.25, -0.2) is 0 Å². The largest absolute Gasteiger partial charge is 0.456 e. The molecule has 0 aliphatic carbocycles. The molecule has 11 aromatic rings. The van der Waals surface area contributed by atoms with Gasteiger partial charge >= 0.3 is 0 Å². The van der Waals surface area contributed by atoms with Crippen molar-refractivity contribution in [3.63, 3.8) is 0 Å². The number of hydrogen-bond acceptors (Lipinski definition) is 4. The molecule has 0 N–H and O–H groups in total. The average Bonchev–Trinajstić information content (AvgIpc) is 3.98. The monoisotopic (exact) mass is 843 g/mol. The maximum absolute atomic E-state index is 6.54. The first-order valence-corrected chi connectivity index (χ1v) is 23.3. The van der Waals surface area contributed by atoms with Crippen molar-refractivity contribution in [3.8, 4) is 5.69 Å². The van der Waals surface area contributed by atoms with Crippen LogP contribution < -0.4 is 25.5 Å². The molecule has 13 rings (SSSR count). The average molecular weight is 844 g/mol. The topological polar surface area (TPSA) is 24.6 Å². The number of fused-ring (bicyclic) bond motifs is 13. The van der Waals surface area contributed by atoms with Gasteiger partial charge in [0, 0.05) is 70.5 Å². The van der Waals surface area contributed by atoms with Crippen LogP contribution in [0.1, 0.15) is 52.7 Å². The lowest BCUT2D eigenvalue weighted by Crippen LogP contribution is -2.60. The molecule has 3 aromatic heterocycles. The molecule has 0 spiro atoms. The lowest BCUT2D eigenvalue weighted by atomic mass is 9.36. The van der Waals surface area contributed by atoms with Gasteiger partial charge < -0.3 is 18.8 Å². The van der Waals surface area contributed by atoms with E-state index in [1.165, 1.54) is 86.9 Å². The van der Waals surface area contributed by atoms with Gasteiger partial charge in [0.25, 0.3) is 6.71 Å². The molecular formula is C58H46BN3OS. The van der Waals surface area contributed by atoms with Crippen LogP contribution in [0.3, 0.4) is 0 Å². The molecule has 308 valence electrons. The number of nitrogens with zero attached hydrogens (tertiary/aromatic N) is 3. The summed E-state index contributed by atoms with van der Waals surface area (Å²) in [6.45, 7) is 13.7. The van der Waals surface area contributed by atoms with E-state index in [1.54, 1.807) is 0 Å². The van der Waals surface area contributed by atoms with E-state index in [2.05, 4.69) is 226 Å². The van der Waals surface area contributed by atoms with Gasteiger partial charge in [0.2, 0.25) is 0 Å². The van der Waals surface area contributed by atoms with E-state index in [0.29, 0.717) is 0 Å². The Labute approximate surface area is 377 Å². The summed E-state index contributed by atoms with van der Waals surface area (Å²) in [4.78, 5) is 5.10. The molecule has 8 aromatic carbocycles. The fourth-order valence-electron chi connectivity index (χ4n) is 10.8. The zero-order valence-corrected chi connectivity index (χ0v) is 37.7. The van der Waals surface area contributed by atoms with Gasteiger partial charge in [-0.05, 0) is 112 Å². The van der Waals surface area contributed by atoms with Crippen LogP contribution in [0.2, 0.25) is 0 Å². The van der Waals surface area contributed by atoms with E-state index in [-0.39, 0.29) is 17.5 Å². The molecule has 0 fully saturated rings. The summed E-state index contributed by atoms with van der Waals surface area (Å²) in [5.74, 6) is 0. The Morgan fingerprint density at radius 1 is 0.469 bits per heavy atom. The SMILES string of the molecule is CC(C)(C)c1ccc(N2c3cc(-n4c5ccccc5c5ccccc54)ccc3B3c4sc5c(ccc6oc7ccccc7c65)c4N(c4ccc(C(C)(C)C)cc4)c4cccc2c43)cc1. The summed E-state index contributed by atoms with van der Waals surface area (Å²) in [6.07, 6.45) is 0. The van der Waals surface area contributed by atoms with E-state index in [0.717, 1.165) is 33.6 Å². The van der Waals surface area contributed by atoms with Gasteiger partial charge in [-0.15, -0.1) is 11.3 Å². The molecule has 64 heavy (non-hydrogen) atoms. The minimum absolute atomic E-state index is 0.00999. The summed E-state index contributed by atoms with van der Waals surface area (Å²) >= 11 is 1.94. The predicted octanol–water partition coefficient (Wildman–Crippen LogP) is 14.6. The molecule has 0 saturated carbocycles. The van der Waals surface area contributed by atoms with Crippen LogP contribution in [0.5, 0.6) is 0 Å². The second-order valence-corrected chi connectivity index (χ2v) is 20.8. The van der Waals surface area contributed by atoms with Crippen molar-refractivity contribution in [2.75, 3.05) is 9.80 Å². The van der Waals surface area contributed by atoms with Gasteiger partial charge in [0.1, 0.15) is 11.2 Å². The van der Waals surface area contributed by atoms with Gasteiger partial charge in [-0.3, -0.25) is 0 Å². The molecule has 2 aliphatic rings. The third kappa shape index (κ3) is 5.29. The normalized spacial score (nSPS) is 13.7. The van der Waals surface area contributed by atoms with Crippen molar-refractivity contribution in [1.82, 2.24) is 4.57 Å². The van der Waals surface area contributed by atoms with Crippen LogP contribution in [-0.2, 0) is 10.8 Å². The molecular weight excluding hydrogens is 798 g/mol. The van der Waals surface area contributed by atoms with Crippen molar-refractivity contribution < 1.29 is 4.42 Å². The van der Waals surface area contributed by atoms with Crippen molar-refractivity contribution in [1.29, 1.82) is 0 Å². The Hall–Kier alpha value is -7.02. The summed E-state index contributed by atoms with van der Waals surface area (Å²) in [7, 11) is 0. The van der Waals surface area contributed by atoms with Crippen LogP contribution in [0.15, 0.2) is 174 Å². The zero-order chi connectivity index (χ0) is 43.2. The van der Waals surface area contributed by atoms with E-state index >= 15 is 0 Å². The summed E-state index contributed by atoms with van der Waals surface area (Å²) in [6, 6.07) is 63.4. The molecule has 0 amide bonds. The number of benzene rings is 8. The minimum atomic E-state index is -0.00999. The van der Waals surface area contributed by atoms with Crippen molar-refractivity contribution in [2.24, 2.45) is 0 Å². The zero-order valence-electron chi connectivity index (χ0n) is 36.9. The first-order chi connectivity index (χ1) is 31.0. The van der Waals surface area contributed by atoms with Gasteiger partial charge in [-0.2, -0.15) is 0 Å². The summed E-state index contributed by atoms with van der Waals surface area (Å²) < 4.78 is 11.6. The van der Waals surface area contributed by atoms with Crippen molar-refractivity contribution in [2.45, 2.75) is 52.4 Å². The Balaban J connectivity index is 1.12. The number of anilines is 6. The fraction of sp³-hybridized carbons (Fsp3) is 0.138. The summed E-state index contributed by atoms with van der Waals surface area (Å²) in [5, 5.41) is 6.12. The first-order valence-electron chi connectivity index (χ1n) is 22.5. The number of furan rings is 1. The van der Waals surface area contributed by atoms with Gasteiger partial charge in [-0.1, -0.05) is 133 Å². The standard InChI is InChI=1S/C58H46BN3OS/c1-57(2,3)35-22-26-37(27-23-35)60-47-19-13-20-48-53(47)59(44-32-30-39(34-49(44)60)61-45-17-10-7-14-40(45)41-15-8-11-18-46(41)61)56-54(62(48)38-28-24-36(25-29-38)58(4,5)6)43-31-33-51-52(55(43)64-56)42-16-9-12-21-50(42)63-51/h7-34H,1-6H3. The maximum Gasteiger partial charge on any atom is 0.264 e. The Kier molecular flexibility index (Phi) is 7.78. The van der Waals surface area contributed by atoms with Crippen LogP contribution >= 0.6 is 11.3 Å². The third-order valence-corrected chi connectivity index (χ3v) is 15.2. The Morgan fingerprint density at radius 3 is 1.67 bits per heavy atom. The predicted molar refractivity (Wildman–Crippen MR) is 275 cm³/mol. The number of hydrogen-bond donors (Lipinski definition) is 0. The van der Waals surface area contributed by atoms with E-state index < -0.39 is 0 Å². The number of rotatable bonds is 3. The molecule has 4 nitrogen and oxygen atoms in total. The summed E-state index contributed by atoms with van der Waals surface area (Å²) in [5.41, 5.74) is 17.9. The van der Waals surface area contributed by atoms with Crippen LogP contribution in [-0.4, -0.2) is 11.3 Å². The van der Waals surface area contributed by atoms with Gasteiger partial charge in [0.15, 0.2) is 0 Å². The lowest BCUT2D eigenvalue weighted by molar-refractivity contribution is 0.590. The number of para-hydroxylation sites is 3. The van der Waals surface area contributed by atoms with E-state index in [9.17, 15) is 0 Å². The number of aromatic nitrogens is 1. The molecule has 0 saturated heterocycles. The Bertz CT molecular complexity index is 3660. The second-order valence-electron chi connectivity index (χ2n) is 19.7. The second kappa shape index (κ2) is 13.3. The van der Waals surface area contributed by atoms with Crippen molar-refractivity contribution >= 4 is 122 Å². The molecule has 6 heteroatoms. The minimum Gasteiger partial charge on any atom is -0.456 e. The molecule has 0 unspecified atom stereocenters. The third-order valence-electron chi connectivity index (χ3n) is 13.9. The van der Waals surface area contributed by atoms with E-state index in [1.807, 2.05) is 11.3 Å². The number of thiophene rings is 1. The van der Waals surface area contributed by atoms with Gasteiger partial charge in [0.05, 0.1) is 16.7 Å². The molecule has 0 radical (unpaired) electrons. The van der Waals surface area contributed by atoms with E-state index in [4.69, 9.17) is 4.42 Å². The highest BCUT2D eigenvalue weighted by atomic mass is 32.1. The van der Waals surface area contributed by atoms with Crippen LogP contribution in [0.4, 0.5) is 34.1 Å². The molecule has 2 aliphatic heterocycles. The highest BCUT2D eigenvalue weighted by molar-refractivity contribution is 7.34. The van der Waals surface area contributed by atoms with Crippen LogP contribution in [0, 0.1) is 0 Å². The quantitative estimate of drug-likeness (QED) is 0.166. The van der Waals surface area contributed by atoms with Crippen LogP contribution in [0.25, 0.3) is 59.5 Å². The molecule has 5 heterocycles. The smallest absolute Gasteiger partial charge is 0.264 e. The maximum atomic E-state index is 6.54. The van der Waals surface area contributed by atoms with Crippen molar-refractivity contribution in [3.05, 3.63) is 181 Å².